The molecule has 1 aromatic rings. The molecule has 1 atom stereocenters. The highest BCUT2D eigenvalue weighted by Crippen LogP contribution is 2.25. The van der Waals surface area contributed by atoms with E-state index in [1.54, 1.807) is 0 Å². The highest BCUT2D eigenvalue weighted by Gasteiger charge is 2.21. The fraction of sp³-hybridized carbons (Fsp3) is 0.625. The fourth-order valence-corrected chi connectivity index (χ4v) is 2.54. The van der Waals surface area contributed by atoms with Crippen molar-refractivity contribution in [2.24, 2.45) is 0 Å². The maximum atomic E-state index is 5.54. The van der Waals surface area contributed by atoms with Crippen molar-refractivity contribution in [3.05, 3.63) is 29.3 Å². The van der Waals surface area contributed by atoms with E-state index in [0.29, 0.717) is 12.1 Å². The van der Waals surface area contributed by atoms with Gasteiger partial charge < -0.3 is 15.0 Å². The number of nitrogens with zero attached hydrogens (tertiary/aromatic N) is 1. The lowest BCUT2D eigenvalue weighted by atomic mass is 10.1. The van der Waals surface area contributed by atoms with E-state index >= 15 is 0 Å². The van der Waals surface area contributed by atoms with Gasteiger partial charge in [-0.3, -0.25) is 0 Å². The standard InChI is InChI=1S/C16H26N2O/c1-12(2)17-10-15-9-13(3)5-6-16(15)18-7-8-19-11-14(18)4/h5-6,9,12,14,17H,7-8,10-11H2,1-4H3. The highest BCUT2D eigenvalue weighted by atomic mass is 16.5. The molecule has 1 saturated heterocycles. The van der Waals surface area contributed by atoms with Gasteiger partial charge in [-0.25, -0.2) is 0 Å². The van der Waals surface area contributed by atoms with Crippen LogP contribution in [0.4, 0.5) is 5.69 Å². The molecular formula is C16H26N2O. The molecule has 0 bridgehead atoms. The first-order valence-corrected chi connectivity index (χ1v) is 7.25. The molecule has 0 spiro atoms. The zero-order chi connectivity index (χ0) is 13.8. The van der Waals surface area contributed by atoms with E-state index in [9.17, 15) is 0 Å². The van der Waals surface area contributed by atoms with Crippen molar-refractivity contribution in [1.29, 1.82) is 0 Å². The summed E-state index contributed by atoms with van der Waals surface area (Å²) in [7, 11) is 0. The smallest absolute Gasteiger partial charge is 0.0668 e. The average Bonchev–Trinajstić information content (AvgIpc) is 2.37. The predicted molar refractivity (Wildman–Crippen MR) is 80.8 cm³/mol. The molecule has 1 heterocycles. The van der Waals surface area contributed by atoms with Crippen LogP contribution in [0, 0.1) is 6.92 Å². The number of aryl methyl sites for hydroxylation is 1. The minimum Gasteiger partial charge on any atom is -0.377 e. The van der Waals surface area contributed by atoms with Gasteiger partial charge in [0.25, 0.3) is 0 Å². The number of nitrogens with one attached hydrogen (secondary N) is 1. The van der Waals surface area contributed by atoms with Crippen LogP contribution in [-0.4, -0.2) is 31.8 Å². The van der Waals surface area contributed by atoms with Gasteiger partial charge >= 0.3 is 0 Å². The van der Waals surface area contributed by atoms with Gasteiger partial charge in [0.1, 0.15) is 0 Å². The minimum atomic E-state index is 0.453. The molecule has 1 aliphatic heterocycles. The van der Waals surface area contributed by atoms with Gasteiger partial charge in [-0.1, -0.05) is 31.5 Å². The van der Waals surface area contributed by atoms with Crippen LogP contribution in [0.25, 0.3) is 0 Å². The predicted octanol–water partition coefficient (Wildman–Crippen LogP) is 2.72. The van der Waals surface area contributed by atoms with Crippen LogP contribution in [0.15, 0.2) is 18.2 Å². The summed E-state index contributed by atoms with van der Waals surface area (Å²) >= 11 is 0. The Balaban J connectivity index is 2.22. The maximum absolute atomic E-state index is 5.54. The molecule has 1 fully saturated rings. The third-order valence-electron chi connectivity index (χ3n) is 3.61. The van der Waals surface area contributed by atoms with E-state index in [-0.39, 0.29) is 0 Å². The molecule has 1 unspecified atom stereocenters. The summed E-state index contributed by atoms with van der Waals surface area (Å²) in [5.41, 5.74) is 4.07. The van der Waals surface area contributed by atoms with E-state index in [4.69, 9.17) is 4.74 Å². The Hall–Kier alpha value is -1.06. The largest absolute Gasteiger partial charge is 0.377 e. The van der Waals surface area contributed by atoms with Gasteiger partial charge in [0.15, 0.2) is 0 Å². The van der Waals surface area contributed by atoms with Gasteiger partial charge in [0, 0.05) is 30.9 Å². The molecule has 0 radical (unpaired) electrons. The van der Waals surface area contributed by atoms with Gasteiger partial charge in [0.05, 0.1) is 13.2 Å². The second-order valence-electron chi connectivity index (χ2n) is 5.79. The molecule has 0 amide bonds. The normalized spacial score (nSPS) is 20.1. The summed E-state index contributed by atoms with van der Waals surface area (Å²) in [5.74, 6) is 0. The molecule has 0 aliphatic carbocycles. The summed E-state index contributed by atoms with van der Waals surface area (Å²) in [4.78, 5) is 2.47. The highest BCUT2D eigenvalue weighted by molar-refractivity contribution is 5.56. The number of anilines is 1. The molecule has 19 heavy (non-hydrogen) atoms. The van der Waals surface area contributed by atoms with Gasteiger partial charge in [-0.2, -0.15) is 0 Å². The van der Waals surface area contributed by atoms with E-state index in [1.165, 1.54) is 16.8 Å². The minimum absolute atomic E-state index is 0.453. The van der Waals surface area contributed by atoms with Crippen molar-refractivity contribution in [3.8, 4) is 0 Å². The number of ether oxygens (including phenoxy) is 1. The van der Waals surface area contributed by atoms with Crippen molar-refractivity contribution >= 4 is 5.69 Å². The Kier molecular flexibility index (Phi) is 4.83. The first kappa shape index (κ1) is 14.4. The zero-order valence-corrected chi connectivity index (χ0v) is 12.6. The monoisotopic (exact) mass is 262 g/mol. The summed E-state index contributed by atoms with van der Waals surface area (Å²) in [5, 5.41) is 3.53. The third kappa shape index (κ3) is 3.71. The summed E-state index contributed by atoms with van der Waals surface area (Å²) < 4.78 is 5.54. The number of hydrogen-bond donors (Lipinski definition) is 1. The molecule has 3 heteroatoms. The van der Waals surface area contributed by atoms with Crippen LogP contribution in [0.5, 0.6) is 0 Å². The van der Waals surface area contributed by atoms with E-state index in [0.717, 1.165) is 26.3 Å². The Morgan fingerprint density at radius 2 is 2.21 bits per heavy atom. The third-order valence-corrected chi connectivity index (χ3v) is 3.61. The molecule has 0 saturated carbocycles. The summed E-state index contributed by atoms with van der Waals surface area (Å²) in [6, 6.07) is 7.72. The molecular weight excluding hydrogens is 236 g/mol. The first-order valence-electron chi connectivity index (χ1n) is 7.25. The van der Waals surface area contributed by atoms with Crippen LogP contribution >= 0.6 is 0 Å². The Morgan fingerprint density at radius 1 is 1.42 bits per heavy atom. The molecule has 1 aliphatic rings. The topological polar surface area (TPSA) is 24.5 Å². The van der Waals surface area contributed by atoms with Crippen molar-refractivity contribution in [2.45, 2.75) is 46.3 Å². The number of hydrogen-bond acceptors (Lipinski definition) is 3. The van der Waals surface area contributed by atoms with Crippen molar-refractivity contribution in [2.75, 3.05) is 24.7 Å². The van der Waals surface area contributed by atoms with Crippen molar-refractivity contribution in [3.63, 3.8) is 0 Å². The lowest BCUT2D eigenvalue weighted by molar-refractivity contribution is 0.0988. The molecule has 0 aromatic heterocycles. The summed E-state index contributed by atoms with van der Waals surface area (Å²) in [6.07, 6.45) is 0. The van der Waals surface area contributed by atoms with Crippen LogP contribution in [0.1, 0.15) is 31.9 Å². The first-order chi connectivity index (χ1) is 9.08. The summed E-state index contributed by atoms with van der Waals surface area (Å²) in [6.45, 7) is 12.3. The lowest BCUT2D eigenvalue weighted by Crippen LogP contribution is -2.44. The van der Waals surface area contributed by atoms with Crippen LogP contribution in [-0.2, 0) is 11.3 Å². The van der Waals surface area contributed by atoms with Crippen LogP contribution in [0.2, 0.25) is 0 Å². The number of rotatable bonds is 4. The lowest BCUT2D eigenvalue weighted by Gasteiger charge is -2.36. The van der Waals surface area contributed by atoms with Crippen LogP contribution < -0.4 is 10.2 Å². The zero-order valence-electron chi connectivity index (χ0n) is 12.6. The number of morpholine rings is 1. The quantitative estimate of drug-likeness (QED) is 0.903. The maximum Gasteiger partial charge on any atom is 0.0668 e. The van der Waals surface area contributed by atoms with E-state index < -0.39 is 0 Å². The molecule has 1 N–H and O–H groups in total. The second kappa shape index (κ2) is 6.40. The molecule has 106 valence electrons. The van der Waals surface area contributed by atoms with Crippen LogP contribution in [0.3, 0.4) is 0 Å². The molecule has 2 rings (SSSR count). The molecule has 3 nitrogen and oxygen atoms in total. The fourth-order valence-electron chi connectivity index (χ4n) is 2.54. The SMILES string of the molecule is Cc1ccc(N2CCOCC2C)c(CNC(C)C)c1. The van der Waals surface area contributed by atoms with Crippen molar-refractivity contribution < 1.29 is 4.74 Å². The average molecular weight is 262 g/mol. The Morgan fingerprint density at radius 3 is 2.89 bits per heavy atom. The second-order valence-corrected chi connectivity index (χ2v) is 5.79. The van der Waals surface area contributed by atoms with E-state index in [2.05, 4.69) is 56.1 Å². The molecule has 1 aromatic carbocycles. The van der Waals surface area contributed by atoms with Crippen molar-refractivity contribution in [1.82, 2.24) is 5.32 Å². The Labute approximate surface area is 116 Å². The van der Waals surface area contributed by atoms with E-state index in [1.807, 2.05) is 0 Å². The number of benzene rings is 1. The van der Waals surface area contributed by atoms with Gasteiger partial charge in [0.2, 0.25) is 0 Å². The van der Waals surface area contributed by atoms with Gasteiger partial charge in [-0.05, 0) is 25.5 Å². The Bertz CT molecular complexity index is 417. The van der Waals surface area contributed by atoms with Gasteiger partial charge in [-0.15, -0.1) is 0 Å².